The Bertz CT molecular complexity index is 896. The molecule has 7 nitrogen and oxygen atoms in total. The summed E-state index contributed by atoms with van der Waals surface area (Å²) in [5.74, 6) is -1.46. The lowest BCUT2D eigenvalue weighted by molar-refractivity contribution is -0.143. The molecule has 0 aliphatic heterocycles. The van der Waals surface area contributed by atoms with Crippen LogP contribution in [0.1, 0.15) is 49.1 Å². The van der Waals surface area contributed by atoms with E-state index in [1.165, 1.54) is 7.11 Å². The third-order valence-electron chi connectivity index (χ3n) is 5.50. The van der Waals surface area contributed by atoms with Crippen molar-refractivity contribution in [2.45, 2.75) is 44.1 Å². The summed E-state index contributed by atoms with van der Waals surface area (Å²) < 4.78 is 10.3. The fourth-order valence-corrected chi connectivity index (χ4v) is 3.98. The molecular weight excluding hydrogens is 398 g/mol. The lowest BCUT2D eigenvalue weighted by atomic mass is 9.98. The molecule has 164 valence electrons. The number of hydrogen-bond acceptors (Lipinski definition) is 5. The molecule has 3 rings (SSSR count). The molecule has 0 saturated carbocycles. The van der Waals surface area contributed by atoms with Gasteiger partial charge in [-0.3, -0.25) is 4.79 Å². The monoisotopic (exact) mass is 425 g/mol. The highest BCUT2D eigenvalue weighted by molar-refractivity contribution is 5.82. The number of hydrogen-bond donors (Lipinski definition) is 2. The minimum Gasteiger partial charge on any atom is -0.481 e. The van der Waals surface area contributed by atoms with Crippen LogP contribution in [0.5, 0.6) is 0 Å². The van der Waals surface area contributed by atoms with E-state index in [9.17, 15) is 14.4 Å². The van der Waals surface area contributed by atoms with Crippen molar-refractivity contribution in [1.29, 1.82) is 0 Å². The van der Waals surface area contributed by atoms with Gasteiger partial charge >= 0.3 is 18.0 Å². The zero-order chi connectivity index (χ0) is 22.2. The normalized spacial score (nSPS) is 13.1. The summed E-state index contributed by atoms with van der Waals surface area (Å²) in [6, 6.07) is 15.3. The van der Waals surface area contributed by atoms with Crippen LogP contribution < -0.4 is 5.32 Å². The van der Waals surface area contributed by atoms with E-state index < -0.39 is 24.1 Å². The molecule has 0 bridgehead atoms. The van der Waals surface area contributed by atoms with E-state index in [1.54, 1.807) is 0 Å². The van der Waals surface area contributed by atoms with Gasteiger partial charge < -0.3 is 19.9 Å². The molecule has 2 N–H and O–H groups in total. The summed E-state index contributed by atoms with van der Waals surface area (Å²) in [5.41, 5.74) is 4.50. The van der Waals surface area contributed by atoms with Crippen LogP contribution in [-0.2, 0) is 19.1 Å². The number of carboxylic acid groups (broad SMARTS) is 1. The first-order valence-corrected chi connectivity index (χ1v) is 10.4. The molecular formula is C24H27NO6. The summed E-state index contributed by atoms with van der Waals surface area (Å²) in [5, 5.41) is 11.3. The Morgan fingerprint density at radius 3 is 2.16 bits per heavy atom. The van der Waals surface area contributed by atoms with Gasteiger partial charge in [0.25, 0.3) is 0 Å². The largest absolute Gasteiger partial charge is 0.481 e. The number of aliphatic carboxylic acids is 1. The molecule has 1 aliphatic carbocycles. The Hall–Kier alpha value is -3.35. The van der Waals surface area contributed by atoms with Crippen LogP contribution in [0.25, 0.3) is 11.1 Å². The van der Waals surface area contributed by atoms with E-state index in [0.29, 0.717) is 25.7 Å². The van der Waals surface area contributed by atoms with Gasteiger partial charge in [0.1, 0.15) is 12.6 Å². The van der Waals surface area contributed by atoms with Gasteiger partial charge in [-0.2, -0.15) is 0 Å². The summed E-state index contributed by atoms with van der Waals surface area (Å²) in [7, 11) is 1.26. The topological polar surface area (TPSA) is 102 Å². The minimum absolute atomic E-state index is 0.0641. The summed E-state index contributed by atoms with van der Waals surface area (Å²) in [4.78, 5) is 35.0. The van der Waals surface area contributed by atoms with Crippen LogP contribution in [0.15, 0.2) is 48.5 Å². The number of carbonyl (C=O) groups excluding carboxylic acids is 2. The maximum absolute atomic E-state index is 12.4. The highest BCUT2D eigenvalue weighted by atomic mass is 16.6. The Morgan fingerprint density at radius 2 is 1.58 bits per heavy atom. The standard InChI is InChI=1S/C24H27NO6/c1-30-23(28)21(13-3-2-4-14-22(26)27)25-24(29)31-15-20-18-11-7-5-9-16(18)17-10-6-8-12-19(17)20/h5-12,20-21H,2-4,13-15H2,1H3,(H,25,29)(H,26,27)/t21-/m0/s1. The molecule has 0 spiro atoms. The van der Waals surface area contributed by atoms with Crippen molar-refractivity contribution in [3.05, 3.63) is 59.7 Å². The third-order valence-corrected chi connectivity index (χ3v) is 5.50. The van der Waals surface area contributed by atoms with Gasteiger partial charge in [-0.1, -0.05) is 61.4 Å². The van der Waals surface area contributed by atoms with Gasteiger partial charge in [-0.25, -0.2) is 9.59 Å². The zero-order valence-corrected chi connectivity index (χ0v) is 17.5. The molecule has 2 aromatic carbocycles. The Morgan fingerprint density at radius 1 is 0.968 bits per heavy atom. The van der Waals surface area contributed by atoms with Gasteiger partial charge in [0.05, 0.1) is 7.11 Å². The zero-order valence-electron chi connectivity index (χ0n) is 17.5. The summed E-state index contributed by atoms with van der Waals surface area (Å²) >= 11 is 0. The number of rotatable bonds is 10. The minimum atomic E-state index is -0.846. The maximum atomic E-state index is 12.4. The molecule has 0 fully saturated rings. The van der Waals surface area contributed by atoms with Crippen molar-refractivity contribution in [2.75, 3.05) is 13.7 Å². The molecule has 2 aromatic rings. The Labute approximate surface area is 181 Å². The van der Waals surface area contributed by atoms with E-state index in [-0.39, 0.29) is 18.9 Å². The van der Waals surface area contributed by atoms with Crippen molar-refractivity contribution >= 4 is 18.0 Å². The van der Waals surface area contributed by atoms with E-state index >= 15 is 0 Å². The first-order chi connectivity index (χ1) is 15.0. The van der Waals surface area contributed by atoms with Crippen molar-refractivity contribution in [3.63, 3.8) is 0 Å². The molecule has 7 heteroatoms. The van der Waals surface area contributed by atoms with Crippen molar-refractivity contribution in [3.8, 4) is 11.1 Å². The molecule has 0 radical (unpaired) electrons. The Kier molecular flexibility index (Phi) is 7.65. The number of carbonyl (C=O) groups is 3. The molecule has 0 saturated heterocycles. The van der Waals surface area contributed by atoms with Crippen LogP contribution in [0, 0.1) is 0 Å². The molecule has 31 heavy (non-hydrogen) atoms. The predicted octanol–water partition coefficient (Wildman–Crippen LogP) is 4.10. The fraction of sp³-hybridized carbons (Fsp3) is 0.375. The van der Waals surface area contributed by atoms with Crippen molar-refractivity contribution in [2.24, 2.45) is 0 Å². The van der Waals surface area contributed by atoms with E-state index in [1.807, 2.05) is 36.4 Å². The Balaban J connectivity index is 1.56. The quantitative estimate of drug-likeness (QED) is 0.439. The van der Waals surface area contributed by atoms with Crippen molar-refractivity contribution in [1.82, 2.24) is 5.32 Å². The fourth-order valence-electron chi connectivity index (χ4n) is 3.98. The van der Waals surface area contributed by atoms with Crippen LogP contribution in [-0.4, -0.2) is 42.9 Å². The predicted molar refractivity (Wildman–Crippen MR) is 115 cm³/mol. The van der Waals surface area contributed by atoms with E-state index in [2.05, 4.69) is 17.4 Å². The van der Waals surface area contributed by atoms with Crippen LogP contribution in [0.2, 0.25) is 0 Å². The number of carboxylic acids is 1. The summed E-state index contributed by atoms with van der Waals surface area (Å²) in [6.07, 6.45) is 1.53. The third kappa shape index (κ3) is 5.63. The van der Waals surface area contributed by atoms with E-state index in [4.69, 9.17) is 14.6 Å². The number of nitrogens with one attached hydrogen (secondary N) is 1. The highest BCUT2D eigenvalue weighted by Crippen LogP contribution is 2.44. The maximum Gasteiger partial charge on any atom is 0.407 e. The van der Waals surface area contributed by atoms with Gasteiger partial charge in [0.2, 0.25) is 0 Å². The second-order valence-corrected chi connectivity index (χ2v) is 7.54. The van der Waals surface area contributed by atoms with Crippen molar-refractivity contribution < 1.29 is 29.0 Å². The average molecular weight is 425 g/mol. The van der Waals surface area contributed by atoms with Gasteiger partial charge in [-0.15, -0.1) is 0 Å². The number of amides is 1. The molecule has 1 aliphatic rings. The van der Waals surface area contributed by atoms with Gasteiger partial charge in [0, 0.05) is 12.3 Å². The second kappa shape index (κ2) is 10.6. The number of unbranched alkanes of at least 4 members (excludes halogenated alkanes) is 2. The highest BCUT2D eigenvalue weighted by Gasteiger charge is 2.29. The molecule has 1 atom stereocenters. The first-order valence-electron chi connectivity index (χ1n) is 10.4. The summed E-state index contributed by atoms with van der Waals surface area (Å²) in [6.45, 7) is 0.159. The van der Waals surface area contributed by atoms with Crippen LogP contribution >= 0.6 is 0 Å². The number of benzene rings is 2. The van der Waals surface area contributed by atoms with Crippen LogP contribution in [0.3, 0.4) is 0 Å². The lowest BCUT2D eigenvalue weighted by Crippen LogP contribution is -2.42. The van der Waals surface area contributed by atoms with Gasteiger partial charge in [-0.05, 0) is 35.1 Å². The van der Waals surface area contributed by atoms with Gasteiger partial charge in [0.15, 0.2) is 0 Å². The molecule has 0 unspecified atom stereocenters. The second-order valence-electron chi connectivity index (χ2n) is 7.54. The molecule has 0 heterocycles. The molecule has 1 amide bonds. The smallest absolute Gasteiger partial charge is 0.407 e. The lowest BCUT2D eigenvalue weighted by Gasteiger charge is -2.18. The van der Waals surface area contributed by atoms with E-state index in [0.717, 1.165) is 22.3 Å². The molecule has 0 aromatic heterocycles. The number of fused-ring (bicyclic) bond motifs is 3. The number of alkyl carbamates (subject to hydrolysis) is 1. The SMILES string of the molecule is COC(=O)[C@H](CCCCCC(=O)O)NC(=O)OCC1c2ccccc2-c2ccccc21. The number of methoxy groups -OCH3 is 1. The van der Waals surface area contributed by atoms with Crippen LogP contribution in [0.4, 0.5) is 4.79 Å². The first kappa shape index (κ1) is 22.3. The average Bonchev–Trinajstić information content (AvgIpc) is 3.09. The number of ether oxygens (including phenoxy) is 2. The number of esters is 1.